The molecule has 3 nitrogen and oxygen atoms in total. The number of benzene rings is 1. The molecule has 1 amide bonds. The number of alkyl halides is 3. The lowest BCUT2D eigenvalue weighted by Crippen LogP contribution is -2.43. The highest BCUT2D eigenvalue weighted by atomic mass is 19.4. The Morgan fingerprint density at radius 1 is 1.26 bits per heavy atom. The number of carbonyl (C=O) groups excluding carboxylic acids is 1. The van der Waals surface area contributed by atoms with Crippen LogP contribution in [0.2, 0.25) is 0 Å². The molecule has 0 unspecified atom stereocenters. The Morgan fingerprint density at radius 2 is 1.79 bits per heavy atom. The van der Waals surface area contributed by atoms with Gasteiger partial charge >= 0.3 is 6.18 Å². The fraction of sp³-hybridized carbons (Fsp3) is 0.462. The maximum Gasteiger partial charge on any atom is 0.406 e. The van der Waals surface area contributed by atoms with Crippen molar-refractivity contribution in [2.45, 2.75) is 26.1 Å². The first-order chi connectivity index (χ1) is 8.74. The molecule has 106 valence electrons. The molecule has 19 heavy (non-hydrogen) atoms. The second kappa shape index (κ2) is 5.95. The Balaban J connectivity index is 2.92. The van der Waals surface area contributed by atoms with E-state index in [0.29, 0.717) is 0 Å². The fourth-order valence-corrected chi connectivity index (χ4v) is 1.63. The van der Waals surface area contributed by atoms with Crippen molar-refractivity contribution in [3.63, 3.8) is 0 Å². The molecule has 0 saturated heterocycles. The molecule has 0 spiro atoms. The van der Waals surface area contributed by atoms with Crippen molar-refractivity contribution in [1.29, 1.82) is 0 Å². The maximum absolute atomic E-state index is 12.5. The number of halogens is 3. The van der Waals surface area contributed by atoms with Gasteiger partial charge in [0, 0.05) is 24.3 Å². The zero-order valence-electron chi connectivity index (χ0n) is 11.1. The Bertz CT molecular complexity index is 427. The molecule has 0 bridgehead atoms. The monoisotopic (exact) mass is 274 g/mol. The molecule has 0 atom stereocenters. The SMILES string of the molecule is CNc1ccc(C(=O)N(CC(F)(F)F)C(C)C)cc1. The lowest BCUT2D eigenvalue weighted by Gasteiger charge is -2.27. The first kappa shape index (κ1) is 15.3. The average Bonchev–Trinajstić information content (AvgIpc) is 2.34. The van der Waals surface area contributed by atoms with Gasteiger partial charge in [0.2, 0.25) is 0 Å². The molecular formula is C13H17F3N2O. The van der Waals surface area contributed by atoms with E-state index in [2.05, 4.69) is 5.32 Å². The smallest absolute Gasteiger partial charge is 0.388 e. The van der Waals surface area contributed by atoms with Crippen molar-refractivity contribution in [2.24, 2.45) is 0 Å². The minimum atomic E-state index is -4.40. The highest BCUT2D eigenvalue weighted by molar-refractivity contribution is 5.94. The summed E-state index contributed by atoms with van der Waals surface area (Å²) in [5.41, 5.74) is 1.04. The second-order valence-electron chi connectivity index (χ2n) is 4.47. The third kappa shape index (κ3) is 4.46. The van der Waals surface area contributed by atoms with E-state index in [0.717, 1.165) is 10.6 Å². The van der Waals surface area contributed by atoms with E-state index in [-0.39, 0.29) is 5.56 Å². The van der Waals surface area contributed by atoms with Gasteiger partial charge < -0.3 is 10.2 Å². The van der Waals surface area contributed by atoms with E-state index in [4.69, 9.17) is 0 Å². The molecule has 1 aromatic rings. The van der Waals surface area contributed by atoms with Crippen LogP contribution in [0.25, 0.3) is 0 Å². The molecule has 0 fully saturated rings. The van der Waals surface area contributed by atoms with Crippen molar-refractivity contribution >= 4 is 11.6 Å². The number of amides is 1. The van der Waals surface area contributed by atoms with Crippen molar-refractivity contribution in [2.75, 3.05) is 18.9 Å². The number of anilines is 1. The fourth-order valence-electron chi connectivity index (χ4n) is 1.63. The summed E-state index contributed by atoms with van der Waals surface area (Å²) in [4.78, 5) is 12.9. The highest BCUT2D eigenvalue weighted by Crippen LogP contribution is 2.20. The van der Waals surface area contributed by atoms with Crippen molar-refractivity contribution in [1.82, 2.24) is 4.90 Å². The topological polar surface area (TPSA) is 32.3 Å². The second-order valence-corrected chi connectivity index (χ2v) is 4.47. The van der Waals surface area contributed by atoms with E-state index >= 15 is 0 Å². The van der Waals surface area contributed by atoms with Gasteiger partial charge in [0.1, 0.15) is 6.54 Å². The molecule has 0 radical (unpaired) electrons. The van der Waals surface area contributed by atoms with Crippen LogP contribution in [-0.2, 0) is 0 Å². The summed E-state index contributed by atoms with van der Waals surface area (Å²) in [6.45, 7) is 1.88. The van der Waals surface area contributed by atoms with Gasteiger partial charge in [-0.05, 0) is 38.1 Å². The summed E-state index contributed by atoms with van der Waals surface area (Å²) in [6, 6.07) is 5.82. The Kier molecular flexibility index (Phi) is 4.80. The van der Waals surface area contributed by atoms with Crippen molar-refractivity contribution in [3.05, 3.63) is 29.8 Å². The molecule has 1 rings (SSSR count). The van der Waals surface area contributed by atoms with Gasteiger partial charge in [-0.25, -0.2) is 0 Å². The van der Waals surface area contributed by atoms with Gasteiger partial charge in [-0.1, -0.05) is 0 Å². The zero-order chi connectivity index (χ0) is 14.6. The summed E-state index contributed by atoms with van der Waals surface area (Å²) in [5.74, 6) is -0.616. The van der Waals surface area contributed by atoms with Crippen LogP contribution >= 0.6 is 0 Å². The maximum atomic E-state index is 12.5. The summed E-state index contributed by atoms with van der Waals surface area (Å²) in [6.07, 6.45) is -4.40. The van der Waals surface area contributed by atoms with Crippen LogP contribution in [0.1, 0.15) is 24.2 Å². The standard InChI is InChI=1S/C13H17F3N2O/c1-9(2)18(8-13(14,15)16)12(19)10-4-6-11(17-3)7-5-10/h4-7,9,17H,8H2,1-3H3. The highest BCUT2D eigenvalue weighted by Gasteiger charge is 2.34. The van der Waals surface area contributed by atoms with Gasteiger partial charge in [0.25, 0.3) is 5.91 Å². The lowest BCUT2D eigenvalue weighted by atomic mass is 10.1. The van der Waals surface area contributed by atoms with Crippen LogP contribution in [-0.4, -0.2) is 36.6 Å². The van der Waals surface area contributed by atoms with E-state index in [1.165, 1.54) is 12.1 Å². The normalized spacial score (nSPS) is 11.5. The van der Waals surface area contributed by atoms with Crippen LogP contribution in [0.5, 0.6) is 0 Å². The first-order valence-corrected chi connectivity index (χ1v) is 5.90. The molecule has 0 aliphatic rings. The number of hydrogen-bond donors (Lipinski definition) is 1. The zero-order valence-corrected chi connectivity index (χ0v) is 11.1. The average molecular weight is 274 g/mol. The number of nitrogens with one attached hydrogen (secondary N) is 1. The molecule has 1 aromatic carbocycles. The van der Waals surface area contributed by atoms with Gasteiger partial charge in [-0.3, -0.25) is 4.79 Å². The third-order valence-corrected chi connectivity index (χ3v) is 2.65. The predicted octanol–water partition coefficient (Wildman–Crippen LogP) is 3.14. The molecule has 0 saturated carbocycles. The van der Waals surface area contributed by atoms with Gasteiger partial charge in [0.05, 0.1) is 0 Å². The van der Waals surface area contributed by atoms with Gasteiger partial charge in [-0.2, -0.15) is 13.2 Å². The molecule has 0 heterocycles. The molecular weight excluding hydrogens is 257 g/mol. The number of hydrogen-bond acceptors (Lipinski definition) is 2. The van der Waals surface area contributed by atoms with Crippen LogP contribution in [0.4, 0.5) is 18.9 Å². The number of rotatable bonds is 4. The summed E-state index contributed by atoms with van der Waals surface area (Å²) >= 11 is 0. The van der Waals surface area contributed by atoms with Crippen molar-refractivity contribution in [3.8, 4) is 0 Å². The molecule has 0 aliphatic carbocycles. The Hall–Kier alpha value is -1.72. The third-order valence-electron chi connectivity index (χ3n) is 2.65. The van der Waals surface area contributed by atoms with Gasteiger partial charge in [0.15, 0.2) is 0 Å². The minimum Gasteiger partial charge on any atom is -0.388 e. The molecule has 1 N–H and O–H groups in total. The Morgan fingerprint density at radius 3 is 2.16 bits per heavy atom. The lowest BCUT2D eigenvalue weighted by molar-refractivity contribution is -0.143. The quantitative estimate of drug-likeness (QED) is 0.914. The summed E-state index contributed by atoms with van der Waals surface area (Å²) in [5, 5.41) is 2.88. The van der Waals surface area contributed by atoms with Crippen LogP contribution in [0, 0.1) is 0 Å². The van der Waals surface area contributed by atoms with Crippen LogP contribution < -0.4 is 5.32 Å². The summed E-state index contributed by atoms with van der Waals surface area (Å²) in [7, 11) is 1.72. The molecule has 0 aromatic heterocycles. The summed E-state index contributed by atoms with van der Waals surface area (Å²) < 4.78 is 37.4. The molecule has 0 aliphatic heterocycles. The van der Waals surface area contributed by atoms with E-state index in [9.17, 15) is 18.0 Å². The largest absolute Gasteiger partial charge is 0.406 e. The number of carbonyl (C=O) groups is 1. The predicted molar refractivity (Wildman–Crippen MR) is 68.2 cm³/mol. The van der Waals surface area contributed by atoms with E-state index in [1.807, 2.05) is 0 Å². The minimum absolute atomic E-state index is 0.247. The van der Waals surface area contributed by atoms with Gasteiger partial charge in [-0.15, -0.1) is 0 Å². The van der Waals surface area contributed by atoms with Crippen LogP contribution in [0.15, 0.2) is 24.3 Å². The van der Waals surface area contributed by atoms with Crippen LogP contribution in [0.3, 0.4) is 0 Å². The first-order valence-electron chi connectivity index (χ1n) is 5.90. The van der Waals surface area contributed by atoms with E-state index in [1.54, 1.807) is 33.0 Å². The van der Waals surface area contributed by atoms with Crippen molar-refractivity contribution < 1.29 is 18.0 Å². The van der Waals surface area contributed by atoms with E-state index < -0.39 is 24.7 Å². The molecule has 6 heteroatoms. The number of nitrogens with zero attached hydrogens (tertiary/aromatic N) is 1. The Labute approximate surface area is 110 Å².